The van der Waals surface area contributed by atoms with Crippen molar-refractivity contribution in [2.45, 2.75) is 33.4 Å². The average Bonchev–Trinajstić information content (AvgIpc) is 3.45. The van der Waals surface area contributed by atoms with E-state index in [4.69, 9.17) is 4.74 Å². The number of urea groups is 1. The van der Waals surface area contributed by atoms with Crippen LogP contribution in [0.3, 0.4) is 0 Å². The Labute approximate surface area is 192 Å². The molecule has 3 heterocycles. The van der Waals surface area contributed by atoms with Gasteiger partial charge in [0.1, 0.15) is 5.00 Å². The number of nitrogens with one attached hydrogen (secondary N) is 2. The Balaban J connectivity index is 1.48. The minimum atomic E-state index is -0.404. The van der Waals surface area contributed by atoms with Gasteiger partial charge in [0.25, 0.3) is 0 Å². The molecule has 1 aromatic carbocycles. The van der Waals surface area contributed by atoms with Gasteiger partial charge in [0, 0.05) is 48.2 Å². The van der Waals surface area contributed by atoms with Crippen molar-refractivity contribution in [1.82, 2.24) is 14.8 Å². The fourth-order valence-corrected chi connectivity index (χ4v) is 5.30. The number of hydrogen-bond donors (Lipinski definition) is 2. The van der Waals surface area contributed by atoms with Crippen molar-refractivity contribution >= 4 is 29.0 Å². The SMILES string of the molecule is CCOC(=O)c1cccc(NC(=O)NCc2c(-n3cccc3)sc3c2CCN(CC)C3)c1. The van der Waals surface area contributed by atoms with Crippen LogP contribution in [-0.4, -0.2) is 41.2 Å². The number of aromatic nitrogens is 1. The Kier molecular flexibility index (Phi) is 6.92. The zero-order chi connectivity index (χ0) is 22.5. The first-order valence-electron chi connectivity index (χ1n) is 10.9. The average molecular weight is 453 g/mol. The van der Waals surface area contributed by atoms with E-state index in [1.807, 2.05) is 24.5 Å². The molecule has 3 aromatic rings. The van der Waals surface area contributed by atoms with Gasteiger partial charge in [-0.3, -0.25) is 4.90 Å². The number of nitrogens with zero attached hydrogens (tertiary/aromatic N) is 2. The predicted molar refractivity (Wildman–Crippen MR) is 127 cm³/mol. The number of carbonyl (C=O) groups excluding carboxylic acids is 2. The summed E-state index contributed by atoms with van der Waals surface area (Å²) in [5, 5.41) is 6.98. The number of rotatable bonds is 7. The largest absolute Gasteiger partial charge is 0.462 e. The van der Waals surface area contributed by atoms with E-state index in [-0.39, 0.29) is 6.03 Å². The standard InChI is InChI=1S/C24H28N4O3S/c1-3-27-13-10-19-20(22(32-21(19)16-27)28-11-5-6-12-28)15-25-24(30)26-18-9-7-8-17(14-18)23(29)31-4-2/h5-9,11-12,14H,3-4,10,13,15-16H2,1-2H3,(H2,25,26,30). The number of esters is 1. The fourth-order valence-electron chi connectivity index (χ4n) is 3.92. The molecule has 32 heavy (non-hydrogen) atoms. The van der Waals surface area contributed by atoms with Crippen LogP contribution >= 0.6 is 11.3 Å². The van der Waals surface area contributed by atoms with Crippen LogP contribution in [0.2, 0.25) is 0 Å². The molecule has 2 aromatic heterocycles. The summed E-state index contributed by atoms with van der Waals surface area (Å²) in [4.78, 5) is 28.4. The van der Waals surface area contributed by atoms with Crippen molar-refractivity contribution < 1.29 is 14.3 Å². The highest BCUT2D eigenvalue weighted by atomic mass is 32.1. The molecule has 0 unspecified atom stereocenters. The molecule has 0 saturated carbocycles. The number of likely N-dealkylation sites (N-methyl/N-ethyl adjacent to an activating group) is 1. The van der Waals surface area contributed by atoms with E-state index in [1.165, 1.54) is 16.0 Å². The molecule has 4 rings (SSSR count). The predicted octanol–water partition coefficient (Wildman–Crippen LogP) is 4.42. The van der Waals surface area contributed by atoms with Crippen LogP contribution in [0.15, 0.2) is 48.8 Å². The molecule has 8 heteroatoms. The third-order valence-electron chi connectivity index (χ3n) is 5.57. The quantitative estimate of drug-likeness (QED) is 0.521. The van der Waals surface area contributed by atoms with Gasteiger partial charge in [-0.1, -0.05) is 13.0 Å². The molecule has 0 atom stereocenters. The van der Waals surface area contributed by atoms with E-state index in [1.54, 1.807) is 42.5 Å². The van der Waals surface area contributed by atoms with Gasteiger partial charge in [0.15, 0.2) is 0 Å². The highest BCUT2D eigenvalue weighted by Gasteiger charge is 2.24. The van der Waals surface area contributed by atoms with Crippen molar-refractivity contribution in [3.8, 4) is 5.00 Å². The van der Waals surface area contributed by atoms with Crippen molar-refractivity contribution in [3.05, 3.63) is 70.4 Å². The number of benzene rings is 1. The molecule has 0 bridgehead atoms. The number of ether oxygens (including phenoxy) is 1. The van der Waals surface area contributed by atoms with Crippen molar-refractivity contribution in [2.24, 2.45) is 0 Å². The van der Waals surface area contributed by atoms with E-state index in [0.717, 1.165) is 31.1 Å². The third kappa shape index (κ3) is 4.87. The van der Waals surface area contributed by atoms with Crippen LogP contribution < -0.4 is 10.6 Å². The normalized spacial score (nSPS) is 13.4. The van der Waals surface area contributed by atoms with Gasteiger partial charge in [0.2, 0.25) is 0 Å². The molecule has 0 fully saturated rings. The zero-order valence-corrected chi connectivity index (χ0v) is 19.2. The molecule has 0 aliphatic carbocycles. The molecule has 0 radical (unpaired) electrons. The second kappa shape index (κ2) is 10.0. The van der Waals surface area contributed by atoms with E-state index in [0.29, 0.717) is 24.4 Å². The Morgan fingerprint density at radius 2 is 1.97 bits per heavy atom. The summed E-state index contributed by atoms with van der Waals surface area (Å²) in [6.45, 7) is 7.73. The molecule has 2 amide bonds. The van der Waals surface area contributed by atoms with Crippen LogP contribution in [0, 0.1) is 0 Å². The molecular formula is C24H28N4O3S. The maximum absolute atomic E-state index is 12.6. The lowest BCUT2D eigenvalue weighted by Crippen LogP contribution is -2.31. The summed E-state index contributed by atoms with van der Waals surface area (Å²) < 4.78 is 7.15. The molecular weight excluding hydrogens is 424 g/mol. The number of thiophene rings is 1. The minimum Gasteiger partial charge on any atom is -0.462 e. The van der Waals surface area contributed by atoms with Gasteiger partial charge >= 0.3 is 12.0 Å². The second-order valence-corrected chi connectivity index (χ2v) is 8.69. The smallest absolute Gasteiger partial charge is 0.338 e. The van der Waals surface area contributed by atoms with Crippen LogP contribution in [-0.2, 0) is 24.2 Å². The van der Waals surface area contributed by atoms with Gasteiger partial charge in [-0.2, -0.15) is 0 Å². The van der Waals surface area contributed by atoms with Gasteiger partial charge in [-0.25, -0.2) is 9.59 Å². The summed E-state index contributed by atoms with van der Waals surface area (Å²) in [7, 11) is 0. The van der Waals surface area contributed by atoms with Gasteiger partial charge in [-0.15, -0.1) is 11.3 Å². The second-order valence-electron chi connectivity index (χ2n) is 7.61. The lowest BCUT2D eigenvalue weighted by Gasteiger charge is -2.25. The highest BCUT2D eigenvalue weighted by Crippen LogP contribution is 2.35. The van der Waals surface area contributed by atoms with Crippen LogP contribution in [0.25, 0.3) is 5.00 Å². The fraction of sp³-hybridized carbons (Fsp3) is 0.333. The molecule has 7 nitrogen and oxygen atoms in total. The monoisotopic (exact) mass is 452 g/mol. The Hall–Kier alpha value is -3.10. The summed E-state index contributed by atoms with van der Waals surface area (Å²) in [5.41, 5.74) is 3.48. The molecule has 168 valence electrons. The number of hydrogen-bond acceptors (Lipinski definition) is 5. The molecule has 1 aliphatic heterocycles. The number of amides is 2. The van der Waals surface area contributed by atoms with E-state index >= 15 is 0 Å². The maximum atomic E-state index is 12.6. The summed E-state index contributed by atoms with van der Waals surface area (Å²) in [6, 6.07) is 10.5. The minimum absolute atomic E-state index is 0.307. The van der Waals surface area contributed by atoms with Gasteiger partial charge in [0.05, 0.1) is 12.2 Å². The van der Waals surface area contributed by atoms with Gasteiger partial charge in [-0.05, 0) is 55.8 Å². The molecule has 2 N–H and O–H groups in total. The summed E-state index contributed by atoms with van der Waals surface area (Å²) in [5.74, 6) is -0.404. The van der Waals surface area contributed by atoms with Crippen molar-refractivity contribution in [1.29, 1.82) is 0 Å². The Morgan fingerprint density at radius 3 is 2.72 bits per heavy atom. The highest BCUT2D eigenvalue weighted by molar-refractivity contribution is 7.14. The number of carbonyl (C=O) groups is 2. The zero-order valence-electron chi connectivity index (χ0n) is 18.4. The van der Waals surface area contributed by atoms with E-state index in [9.17, 15) is 9.59 Å². The first-order valence-corrected chi connectivity index (χ1v) is 11.7. The third-order valence-corrected chi connectivity index (χ3v) is 6.84. The van der Waals surface area contributed by atoms with Gasteiger partial charge < -0.3 is 19.9 Å². The van der Waals surface area contributed by atoms with E-state index < -0.39 is 5.97 Å². The Morgan fingerprint density at radius 1 is 1.16 bits per heavy atom. The lowest BCUT2D eigenvalue weighted by atomic mass is 10.0. The summed E-state index contributed by atoms with van der Waals surface area (Å²) in [6.07, 6.45) is 5.07. The maximum Gasteiger partial charge on any atom is 0.338 e. The van der Waals surface area contributed by atoms with Crippen molar-refractivity contribution in [3.63, 3.8) is 0 Å². The molecule has 1 aliphatic rings. The van der Waals surface area contributed by atoms with Crippen LogP contribution in [0.5, 0.6) is 0 Å². The van der Waals surface area contributed by atoms with Crippen LogP contribution in [0.1, 0.15) is 40.2 Å². The molecule has 0 spiro atoms. The summed E-state index contributed by atoms with van der Waals surface area (Å²) >= 11 is 1.80. The lowest BCUT2D eigenvalue weighted by molar-refractivity contribution is 0.0526. The Bertz CT molecular complexity index is 1090. The van der Waals surface area contributed by atoms with Crippen molar-refractivity contribution in [2.75, 3.05) is 25.0 Å². The van der Waals surface area contributed by atoms with Crippen LogP contribution in [0.4, 0.5) is 10.5 Å². The molecule has 0 saturated heterocycles. The number of anilines is 1. The number of fused-ring (bicyclic) bond motifs is 1. The van der Waals surface area contributed by atoms with E-state index in [2.05, 4.69) is 27.0 Å². The topological polar surface area (TPSA) is 75.6 Å². The first kappa shape index (κ1) is 22.1. The first-order chi connectivity index (χ1) is 15.6.